The molecule has 2 fully saturated rings. The van der Waals surface area contributed by atoms with E-state index in [9.17, 15) is 9.90 Å². The predicted octanol–water partition coefficient (Wildman–Crippen LogP) is 2.11. The van der Waals surface area contributed by atoms with E-state index in [4.69, 9.17) is 14.6 Å². The van der Waals surface area contributed by atoms with Crippen LogP contribution in [0.25, 0.3) is 0 Å². The number of hydrogen-bond acceptors (Lipinski definition) is 6. The van der Waals surface area contributed by atoms with Crippen LogP contribution in [0.15, 0.2) is 12.1 Å². The topological polar surface area (TPSA) is 91.3 Å². The van der Waals surface area contributed by atoms with E-state index < -0.39 is 5.97 Å². The molecule has 0 radical (unpaired) electrons. The number of aliphatic carboxylic acids is 1. The summed E-state index contributed by atoms with van der Waals surface area (Å²) in [5, 5.41) is 23.0. The molecule has 9 heteroatoms. The number of nitrogens with one attached hydrogen (secondary N) is 1. The molecule has 1 aromatic carbocycles. The van der Waals surface area contributed by atoms with Crippen LogP contribution < -0.4 is 10.1 Å². The molecule has 1 saturated carbocycles. The second-order valence-corrected chi connectivity index (χ2v) is 8.74. The van der Waals surface area contributed by atoms with E-state index >= 15 is 0 Å². The van der Waals surface area contributed by atoms with Crippen LogP contribution in [0.5, 0.6) is 11.5 Å². The van der Waals surface area contributed by atoms with Crippen molar-refractivity contribution in [1.82, 2.24) is 10.2 Å². The number of phenols is 1. The van der Waals surface area contributed by atoms with Crippen molar-refractivity contribution in [2.45, 2.75) is 61.3 Å². The fourth-order valence-corrected chi connectivity index (χ4v) is 6.71. The number of halogens is 2. The van der Waals surface area contributed by atoms with Gasteiger partial charge in [-0.3, -0.25) is 4.79 Å². The average Bonchev–Trinajstić information content (AvgIpc) is 3.03. The van der Waals surface area contributed by atoms with Gasteiger partial charge in [-0.2, -0.15) is 0 Å². The number of carboxylic acid groups (broad SMARTS) is 1. The number of methoxy groups -OCH3 is 1. The van der Waals surface area contributed by atoms with Crippen molar-refractivity contribution in [3.05, 3.63) is 23.3 Å². The van der Waals surface area contributed by atoms with Gasteiger partial charge in [-0.1, -0.05) is 6.07 Å². The van der Waals surface area contributed by atoms with Crippen molar-refractivity contribution in [2.24, 2.45) is 0 Å². The van der Waals surface area contributed by atoms with Crippen LogP contribution in [0.2, 0.25) is 0 Å². The highest BCUT2D eigenvalue weighted by Gasteiger charge is 2.73. The van der Waals surface area contributed by atoms with E-state index in [0.717, 1.165) is 37.8 Å². The number of phenolic OH excluding ortho intramolecular Hbond substituents is 1. The molecular formula is C21H30Cl2N2O5. The minimum absolute atomic E-state index is 0. The number of carbonyl (C=O) groups is 1. The van der Waals surface area contributed by atoms with Crippen LogP contribution in [0.3, 0.4) is 0 Å². The zero-order valence-electron chi connectivity index (χ0n) is 17.2. The van der Waals surface area contributed by atoms with E-state index in [0.29, 0.717) is 12.3 Å². The number of carboxylic acids is 1. The number of hydrogen-bond donors (Lipinski definition) is 3. The highest BCUT2D eigenvalue weighted by atomic mass is 35.5. The molecule has 30 heavy (non-hydrogen) atoms. The highest BCUT2D eigenvalue weighted by molar-refractivity contribution is 5.85. The summed E-state index contributed by atoms with van der Waals surface area (Å²) in [6.07, 6.45) is 3.45. The Labute approximate surface area is 188 Å². The van der Waals surface area contributed by atoms with E-state index in [1.165, 1.54) is 5.56 Å². The number of likely N-dealkylation sites (tertiary alicyclic amines) is 1. The second kappa shape index (κ2) is 8.02. The van der Waals surface area contributed by atoms with Gasteiger partial charge in [0.2, 0.25) is 0 Å². The minimum atomic E-state index is -0.805. The highest BCUT2D eigenvalue weighted by Crippen LogP contribution is 2.66. The number of aromatic hydroxyl groups is 1. The Balaban J connectivity index is 0.00000128. The molecule has 7 nitrogen and oxygen atoms in total. The Kier molecular flexibility index (Phi) is 6.26. The van der Waals surface area contributed by atoms with Crippen molar-refractivity contribution in [1.29, 1.82) is 0 Å². The molecule has 0 amide bonds. The number of likely N-dealkylation sites (N-methyl/N-ethyl adjacent to an activating group) is 1. The quantitative estimate of drug-likeness (QED) is 0.619. The van der Waals surface area contributed by atoms with Gasteiger partial charge in [0, 0.05) is 31.3 Å². The lowest BCUT2D eigenvalue weighted by Crippen LogP contribution is -2.78. The van der Waals surface area contributed by atoms with Gasteiger partial charge in [0.1, 0.15) is 6.10 Å². The standard InChI is InChI=1S/C21H28N2O5.2ClH/c1-23-10-8-20-17-12-3-4-14(24)18(17)28-19(20)13(22-9-6-16(25)26)5-7-21(20,27-2)15(23)11-12;;/h3-4,13,15,19,22,24H,5-11H2,1-2H3,(H,25,26);2*1H/t13-,15+,19-,20-,21+;;/m0../s1. The summed E-state index contributed by atoms with van der Waals surface area (Å²) in [5.74, 6) is -0.00616. The van der Waals surface area contributed by atoms with Crippen molar-refractivity contribution >= 4 is 30.8 Å². The third-order valence-electron chi connectivity index (χ3n) is 7.80. The summed E-state index contributed by atoms with van der Waals surface area (Å²) in [7, 11) is 3.99. The largest absolute Gasteiger partial charge is 0.504 e. The fraction of sp³-hybridized carbons (Fsp3) is 0.667. The first-order valence-corrected chi connectivity index (χ1v) is 10.2. The molecule has 2 aliphatic carbocycles. The average molecular weight is 461 g/mol. The van der Waals surface area contributed by atoms with Crippen LogP contribution >= 0.6 is 24.8 Å². The molecule has 1 aromatic rings. The molecule has 0 unspecified atom stereocenters. The molecule has 3 N–H and O–H groups in total. The molecule has 1 spiro atoms. The number of piperidine rings is 1. The van der Waals surface area contributed by atoms with Crippen LogP contribution in [0.4, 0.5) is 0 Å². The zero-order valence-corrected chi connectivity index (χ0v) is 18.9. The van der Waals surface area contributed by atoms with Gasteiger partial charge in [-0.25, -0.2) is 0 Å². The first-order valence-electron chi connectivity index (χ1n) is 10.2. The van der Waals surface area contributed by atoms with Gasteiger partial charge in [0.25, 0.3) is 0 Å². The maximum atomic E-state index is 11.0. The number of ether oxygens (including phenoxy) is 2. The van der Waals surface area contributed by atoms with Crippen LogP contribution in [-0.2, 0) is 21.4 Å². The summed E-state index contributed by atoms with van der Waals surface area (Å²) in [5.41, 5.74) is 1.70. The van der Waals surface area contributed by atoms with Crippen molar-refractivity contribution < 1.29 is 24.5 Å². The molecule has 2 heterocycles. The maximum absolute atomic E-state index is 11.0. The summed E-state index contributed by atoms with van der Waals surface area (Å²) < 4.78 is 12.9. The third kappa shape index (κ3) is 2.79. The number of rotatable bonds is 5. The maximum Gasteiger partial charge on any atom is 0.304 e. The summed E-state index contributed by atoms with van der Waals surface area (Å²) in [6.45, 7) is 1.36. The van der Waals surface area contributed by atoms with Gasteiger partial charge in [0.05, 0.1) is 17.4 Å². The molecule has 2 aliphatic heterocycles. The third-order valence-corrected chi connectivity index (χ3v) is 7.80. The van der Waals surface area contributed by atoms with Gasteiger partial charge in [-0.15, -0.1) is 24.8 Å². The molecule has 4 aliphatic rings. The van der Waals surface area contributed by atoms with E-state index in [1.807, 2.05) is 13.2 Å². The Morgan fingerprint density at radius 3 is 2.83 bits per heavy atom. The molecule has 168 valence electrons. The van der Waals surface area contributed by atoms with Crippen LogP contribution in [0.1, 0.15) is 36.8 Å². The van der Waals surface area contributed by atoms with Gasteiger partial charge in [-0.05, 0) is 50.9 Å². The summed E-state index contributed by atoms with van der Waals surface area (Å²) in [4.78, 5) is 13.4. The van der Waals surface area contributed by atoms with E-state index in [1.54, 1.807) is 6.07 Å². The lowest BCUT2D eigenvalue weighted by atomic mass is 9.48. The molecule has 5 rings (SSSR count). The second-order valence-electron chi connectivity index (χ2n) is 8.74. The van der Waals surface area contributed by atoms with Gasteiger partial charge in [0.15, 0.2) is 11.5 Å². The molecule has 0 aromatic heterocycles. The van der Waals surface area contributed by atoms with E-state index in [2.05, 4.69) is 17.3 Å². The summed E-state index contributed by atoms with van der Waals surface area (Å²) in [6, 6.07) is 4.07. The lowest BCUT2D eigenvalue weighted by Gasteiger charge is -2.65. The Bertz CT molecular complexity index is 840. The Hall–Kier alpha value is -1.25. The monoisotopic (exact) mass is 460 g/mol. The molecule has 1 saturated heterocycles. The fourth-order valence-electron chi connectivity index (χ4n) is 6.71. The molecular weight excluding hydrogens is 431 g/mol. The normalized spacial score (nSPS) is 35.5. The van der Waals surface area contributed by atoms with Crippen molar-refractivity contribution in [2.75, 3.05) is 27.2 Å². The van der Waals surface area contributed by atoms with E-state index in [-0.39, 0.29) is 66.2 Å². The molecule has 2 bridgehead atoms. The first-order chi connectivity index (χ1) is 13.4. The molecule has 5 atom stereocenters. The van der Waals surface area contributed by atoms with Gasteiger partial charge >= 0.3 is 5.97 Å². The summed E-state index contributed by atoms with van der Waals surface area (Å²) >= 11 is 0. The smallest absolute Gasteiger partial charge is 0.304 e. The number of nitrogens with zero attached hydrogens (tertiary/aromatic N) is 1. The van der Waals surface area contributed by atoms with Crippen molar-refractivity contribution in [3.8, 4) is 11.5 Å². The zero-order chi connectivity index (χ0) is 19.7. The van der Waals surface area contributed by atoms with Crippen molar-refractivity contribution in [3.63, 3.8) is 0 Å². The SMILES string of the molecule is CO[C@@]12CC[C@H](NCCC(=O)O)[C@@H]3Oc4c(O)ccc5c4[C@@]31CCN(C)[C@@H]2C5.Cl.Cl. The van der Waals surface area contributed by atoms with Crippen LogP contribution in [0, 0.1) is 0 Å². The van der Waals surface area contributed by atoms with Gasteiger partial charge < -0.3 is 29.9 Å². The Morgan fingerprint density at radius 1 is 1.37 bits per heavy atom. The van der Waals surface area contributed by atoms with Crippen LogP contribution in [-0.4, -0.2) is 72.1 Å². The lowest BCUT2D eigenvalue weighted by molar-refractivity contribution is -0.203. The number of benzene rings is 1. The predicted molar refractivity (Wildman–Crippen MR) is 116 cm³/mol. The minimum Gasteiger partial charge on any atom is -0.504 e. The first kappa shape index (κ1) is 23.4. The Morgan fingerprint density at radius 2 is 2.13 bits per heavy atom.